The molecule has 0 aliphatic heterocycles. The van der Waals surface area contributed by atoms with Crippen molar-refractivity contribution < 1.29 is 14.6 Å². The van der Waals surface area contributed by atoms with Gasteiger partial charge in [0.2, 0.25) is 0 Å². The Balaban J connectivity index is 1.78. The van der Waals surface area contributed by atoms with Gasteiger partial charge >= 0.3 is 0 Å². The first-order valence-electron chi connectivity index (χ1n) is 13.1. The van der Waals surface area contributed by atoms with E-state index < -0.39 is 0 Å². The first-order valence-corrected chi connectivity index (χ1v) is 13.1. The second-order valence-corrected chi connectivity index (χ2v) is 8.86. The van der Waals surface area contributed by atoms with Crippen LogP contribution < -0.4 is 0 Å². The molecule has 0 radical (unpaired) electrons. The molecule has 0 saturated heterocycles. The molecule has 4 heteroatoms. The van der Waals surface area contributed by atoms with Crippen LogP contribution in [0.25, 0.3) is 0 Å². The molecule has 0 aromatic carbocycles. The van der Waals surface area contributed by atoms with Crippen LogP contribution >= 0.6 is 0 Å². The van der Waals surface area contributed by atoms with Crippen molar-refractivity contribution in [2.45, 2.75) is 122 Å². The number of aliphatic hydroxyl groups is 1. The third-order valence-corrected chi connectivity index (χ3v) is 5.86. The predicted octanol–water partition coefficient (Wildman–Crippen LogP) is 7.24. The second-order valence-electron chi connectivity index (χ2n) is 8.86. The summed E-state index contributed by atoms with van der Waals surface area (Å²) in [6.07, 6.45) is 25.3. The lowest BCUT2D eigenvalue weighted by Crippen LogP contribution is -2.24. The second kappa shape index (κ2) is 22.2. The summed E-state index contributed by atoms with van der Waals surface area (Å²) in [7, 11) is 0. The highest BCUT2D eigenvalue weighted by Gasteiger charge is 2.08. The molecule has 0 bridgehead atoms. The van der Waals surface area contributed by atoms with Gasteiger partial charge in [0.25, 0.3) is 0 Å². The van der Waals surface area contributed by atoms with E-state index in [0.29, 0.717) is 13.2 Å². The predicted molar refractivity (Wildman–Crippen MR) is 130 cm³/mol. The number of rotatable bonds is 23. The Labute approximate surface area is 192 Å². The van der Waals surface area contributed by atoms with Gasteiger partial charge in [0.15, 0.2) is 0 Å². The fourth-order valence-electron chi connectivity index (χ4n) is 3.82. The molecule has 0 aliphatic carbocycles. The van der Waals surface area contributed by atoms with Gasteiger partial charge in [-0.1, -0.05) is 109 Å². The Morgan fingerprint density at radius 1 is 0.806 bits per heavy atom. The molecule has 0 aliphatic rings. The number of aliphatic hydroxyl groups excluding tert-OH is 1. The number of nitrogens with zero attached hydrogens (tertiary/aromatic N) is 1. The van der Waals surface area contributed by atoms with Crippen LogP contribution in [0.15, 0.2) is 24.5 Å². The molecule has 1 heterocycles. The van der Waals surface area contributed by atoms with Crippen molar-refractivity contribution in [2.24, 2.45) is 0 Å². The zero-order valence-electron chi connectivity index (χ0n) is 20.2. The fraction of sp³-hybridized carbons (Fsp3) is 0.815. The van der Waals surface area contributed by atoms with Gasteiger partial charge in [0.05, 0.1) is 19.8 Å². The van der Waals surface area contributed by atoms with E-state index in [-0.39, 0.29) is 12.7 Å². The summed E-state index contributed by atoms with van der Waals surface area (Å²) in [5.74, 6) is 0. The summed E-state index contributed by atoms with van der Waals surface area (Å²) in [5, 5.41) is 9.43. The molecule has 31 heavy (non-hydrogen) atoms. The minimum Gasteiger partial charge on any atom is -0.394 e. The Kier molecular flexibility index (Phi) is 20.1. The monoisotopic (exact) mass is 435 g/mol. The quantitative estimate of drug-likeness (QED) is 0.184. The highest BCUT2D eigenvalue weighted by molar-refractivity contribution is 5.06. The lowest BCUT2D eigenvalue weighted by atomic mass is 10.0. The van der Waals surface area contributed by atoms with Crippen LogP contribution in [0.4, 0.5) is 0 Å². The van der Waals surface area contributed by atoms with Crippen molar-refractivity contribution >= 4 is 0 Å². The number of hydrogen-bond donors (Lipinski definition) is 1. The van der Waals surface area contributed by atoms with Crippen LogP contribution in [0.1, 0.15) is 115 Å². The third kappa shape index (κ3) is 18.3. The first kappa shape index (κ1) is 28.1. The van der Waals surface area contributed by atoms with Gasteiger partial charge in [0, 0.05) is 19.0 Å². The molecule has 1 atom stereocenters. The summed E-state index contributed by atoms with van der Waals surface area (Å²) >= 11 is 0. The highest BCUT2D eigenvalue weighted by Crippen LogP contribution is 2.13. The van der Waals surface area contributed by atoms with E-state index in [2.05, 4.69) is 11.9 Å². The molecule has 0 amide bonds. The number of pyridine rings is 1. The van der Waals surface area contributed by atoms with Crippen LogP contribution in [0, 0.1) is 0 Å². The summed E-state index contributed by atoms with van der Waals surface area (Å²) in [4.78, 5) is 4.07. The van der Waals surface area contributed by atoms with E-state index in [9.17, 15) is 5.11 Å². The Hall–Kier alpha value is -0.970. The normalized spacial score (nSPS) is 12.3. The Morgan fingerprint density at radius 3 is 1.84 bits per heavy atom. The molecule has 1 N–H and O–H groups in total. The first-order chi connectivity index (χ1) is 15.4. The number of aromatic nitrogens is 1. The van der Waals surface area contributed by atoms with E-state index in [4.69, 9.17) is 9.47 Å². The minimum atomic E-state index is -0.263. The maximum absolute atomic E-state index is 9.43. The van der Waals surface area contributed by atoms with E-state index in [1.807, 2.05) is 12.1 Å². The van der Waals surface area contributed by atoms with E-state index in [1.54, 1.807) is 12.4 Å². The van der Waals surface area contributed by atoms with Gasteiger partial charge in [-0.3, -0.25) is 4.98 Å². The van der Waals surface area contributed by atoms with Crippen molar-refractivity contribution in [1.82, 2.24) is 4.98 Å². The number of unbranched alkanes of at least 4 members (excludes halogenated alkanes) is 15. The van der Waals surface area contributed by atoms with E-state index in [0.717, 1.165) is 18.6 Å². The van der Waals surface area contributed by atoms with Gasteiger partial charge in [-0.05, 0) is 18.1 Å². The molecular weight excluding hydrogens is 386 g/mol. The van der Waals surface area contributed by atoms with Gasteiger partial charge in [-0.25, -0.2) is 0 Å². The summed E-state index contributed by atoms with van der Waals surface area (Å²) in [5.41, 5.74) is 1.01. The topological polar surface area (TPSA) is 51.6 Å². The van der Waals surface area contributed by atoms with Crippen molar-refractivity contribution in [1.29, 1.82) is 0 Å². The van der Waals surface area contributed by atoms with E-state index >= 15 is 0 Å². The van der Waals surface area contributed by atoms with E-state index in [1.165, 1.54) is 96.3 Å². The van der Waals surface area contributed by atoms with Gasteiger partial charge in [-0.15, -0.1) is 0 Å². The van der Waals surface area contributed by atoms with Crippen molar-refractivity contribution in [3.05, 3.63) is 30.1 Å². The van der Waals surface area contributed by atoms with Crippen LogP contribution in [-0.2, 0) is 16.1 Å². The number of ether oxygens (including phenoxy) is 2. The standard InChI is InChI=1S/C27H49NO3/c1-2-3-4-5-6-7-8-9-10-11-12-13-14-15-16-17-21-30-25-27(23-29)31-24-26-19-18-20-28-22-26/h18-20,22,27,29H,2-17,21,23-25H2,1H3. The molecule has 0 spiro atoms. The van der Waals surface area contributed by atoms with Crippen LogP contribution in [0.2, 0.25) is 0 Å². The summed E-state index contributed by atoms with van der Waals surface area (Å²) < 4.78 is 11.4. The molecular formula is C27H49NO3. The van der Waals surface area contributed by atoms with Crippen LogP contribution in [0.5, 0.6) is 0 Å². The molecule has 1 unspecified atom stereocenters. The van der Waals surface area contributed by atoms with Crippen LogP contribution in [0.3, 0.4) is 0 Å². The largest absolute Gasteiger partial charge is 0.394 e. The van der Waals surface area contributed by atoms with Crippen molar-refractivity contribution in [2.75, 3.05) is 19.8 Å². The lowest BCUT2D eigenvalue weighted by Gasteiger charge is -2.15. The van der Waals surface area contributed by atoms with Gasteiger partial charge < -0.3 is 14.6 Å². The molecule has 0 fully saturated rings. The summed E-state index contributed by atoms with van der Waals surface area (Å²) in [6, 6.07) is 3.86. The zero-order valence-corrected chi connectivity index (χ0v) is 20.2. The molecule has 1 rings (SSSR count). The fourth-order valence-corrected chi connectivity index (χ4v) is 3.82. The van der Waals surface area contributed by atoms with Crippen molar-refractivity contribution in [3.8, 4) is 0 Å². The number of hydrogen-bond acceptors (Lipinski definition) is 4. The Bertz CT molecular complexity index is 469. The molecule has 0 saturated carbocycles. The smallest absolute Gasteiger partial charge is 0.104 e. The highest BCUT2D eigenvalue weighted by atomic mass is 16.5. The Morgan fingerprint density at radius 2 is 1.35 bits per heavy atom. The van der Waals surface area contributed by atoms with Crippen molar-refractivity contribution in [3.63, 3.8) is 0 Å². The third-order valence-electron chi connectivity index (χ3n) is 5.86. The molecule has 1 aromatic heterocycles. The maximum Gasteiger partial charge on any atom is 0.104 e. The van der Waals surface area contributed by atoms with Gasteiger partial charge in [-0.2, -0.15) is 0 Å². The average Bonchev–Trinajstić information content (AvgIpc) is 2.81. The SMILES string of the molecule is CCCCCCCCCCCCCCCCCCOCC(CO)OCc1cccnc1. The maximum atomic E-state index is 9.43. The molecule has 4 nitrogen and oxygen atoms in total. The van der Waals surface area contributed by atoms with Crippen LogP contribution in [-0.4, -0.2) is 36.0 Å². The zero-order chi connectivity index (χ0) is 22.2. The molecule has 1 aromatic rings. The summed E-state index contributed by atoms with van der Waals surface area (Å²) in [6.45, 7) is 3.94. The molecule has 180 valence electrons. The lowest BCUT2D eigenvalue weighted by molar-refractivity contribution is -0.0503. The average molecular weight is 436 g/mol. The van der Waals surface area contributed by atoms with Gasteiger partial charge in [0.1, 0.15) is 6.10 Å². The minimum absolute atomic E-state index is 0.0147.